The number of carbonyl (C=O) groups excluding carboxylic acids is 1. The standard InChI is InChI=1S/C21H16BrClN4O4S/c22-14-11-24-27(12-14)13-18-7-10-20(31-18)21(28)25-16-5-8-19(9-6-16)32(29,30)26-17-3-1-15(23)2-4-17/h1-12,26H,13H2,(H,25,28). The van der Waals surface area contributed by atoms with Crippen molar-refractivity contribution >= 4 is 54.8 Å². The highest BCUT2D eigenvalue weighted by atomic mass is 79.9. The first-order valence-electron chi connectivity index (χ1n) is 9.25. The second kappa shape index (κ2) is 9.19. The van der Waals surface area contributed by atoms with E-state index in [-0.39, 0.29) is 10.7 Å². The van der Waals surface area contributed by atoms with Crippen molar-refractivity contribution in [2.75, 3.05) is 10.0 Å². The molecule has 0 radical (unpaired) electrons. The van der Waals surface area contributed by atoms with E-state index in [1.807, 2.05) is 0 Å². The van der Waals surface area contributed by atoms with Gasteiger partial charge in [0.1, 0.15) is 5.76 Å². The van der Waals surface area contributed by atoms with E-state index in [4.69, 9.17) is 16.0 Å². The van der Waals surface area contributed by atoms with E-state index in [1.165, 1.54) is 24.3 Å². The van der Waals surface area contributed by atoms with Crippen molar-refractivity contribution in [2.45, 2.75) is 11.4 Å². The highest BCUT2D eigenvalue weighted by Crippen LogP contribution is 2.20. The van der Waals surface area contributed by atoms with E-state index in [1.54, 1.807) is 53.5 Å². The van der Waals surface area contributed by atoms with Crippen LogP contribution in [-0.2, 0) is 16.6 Å². The lowest BCUT2D eigenvalue weighted by atomic mass is 10.3. The lowest BCUT2D eigenvalue weighted by Gasteiger charge is -2.09. The van der Waals surface area contributed by atoms with Gasteiger partial charge >= 0.3 is 0 Å². The molecule has 0 aliphatic heterocycles. The van der Waals surface area contributed by atoms with Crippen molar-refractivity contribution < 1.29 is 17.6 Å². The number of nitrogens with zero attached hydrogens (tertiary/aromatic N) is 2. The van der Waals surface area contributed by atoms with Crippen molar-refractivity contribution in [2.24, 2.45) is 0 Å². The first-order valence-corrected chi connectivity index (χ1v) is 11.9. The largest absolute Gasteiger partial charge is 0.454 e. The number of furan rings is 1. The second-order valence-corrected chi connectivity index (χ2v) is 9.75. The molecule has 0 saturated heterocycles. The van der Waals surface area contributed by atoms with Gasteiger partial charge in [-0.2, -0.15) is 5.10 Å². The fraction of sp³-hybridized carbons (Fsp3) is 0.0476. The maximum atomic E-state index is 12.5. The average molecular weight is 536 g/mol. The quantitative estimate of drug-likeness (QED) is 0.347. The van der Waals surface area contributed by atoms with Crippen LogP contribution in [0.2, 0.25) is 5.02 Å². The highest BCUT2D eigenvalue weighted by molar-refractivity contribution is 9.10. The molecule has 0 unspecified atom stereocenters. The molecule has 2 aromatic carbocycles. The summed E-state index contributed by atoms with van der Waals surface area (Å²) in [6.07, 6.45) is 3.45. The molecule has 0 aliphatic rings. The Morgan fingerprint density at radius 2 is 1.72 bits per heavy atom. The number of hydrogen-bond acceptors (Lipinski definition) is 5. The third kappa shape index (κ3) is 5.39. The number of hydrogen-bond donors (Lipinski definition) is 2. The van der Waals surface area contributed by atoms with Gasteiger partial charge in [0.2, 0.25) is 0 Å². The summed E-state index contributed by atoms with van der Waals surface area (Å²) in [5.74, 6) is 0.251. The molecule has 4 aromatic rings. The summed E-state index contributed by atoms with van der Waals surface area (Å²) in [5, 5.41) is 7.33. The summed E-state index contributed by atoms with van der Waals surface area (Å²) >= 11 is 9.14. The van der Waals surface area contributed by atoms with Gasteiger partial charge in [-0.05, 0) is 76.6 Å². The zero-order valence-electron chi connectivity index (χ0n) is 16.3. The summed E-state index contributed by atoms with van der Waals surface area (Å²) in [6, 6.07) is 15.4. The minimum absolute atomic E-state index is 0.0520. The molecule has 164 valence electrons. The molecule has 4 rings (SSSR count). The molecule has 0 fully saturated rings. The smallest absolute Gasteiger partial charge is 0.291 e. The van der Waals surface area contributed by atoms with Gasteiger partial charge in [-0.25, -0.2) is 8.42 Å². The third-order valence-corrected chi connectivity index (χ3v) is 6.38. The summed E-state index contributed by atoms with van der Waals surface area (Å²) in [7, 11) is -3.78. The molecule has 8 nitrogen and oxygen atoms in total. The number of rotatable bonds is 7. The molecule has 2 aromatic heterocycles. The van der Waals surface area contributed by atoms with Crippen LogP contribution in [0.25, 0.3) is 0 Å². The van der Waals surface area contributed by atoms with Crippen molar-refractivity contribution in [3.05, 3.63) is 94.1 Å². The summed E-state index contributed by atoms with van der Waals surface area (Å²) in [4.78, 5) is 12.5. The van der Waals surface area contributed by atoms with E-state index >= 15 is 0 Å². The summed E-state index contributed by atoms with van der Waals surface area (Å²) in [5.41, 5.74) is 0.817. The van der Waals surface area contributed by atoms with Gasteiger partial charge in [0.25, 0.3) is 15.9 Å². The van der Waals surface area contributed by atoms with Crippen LogP contribution in [0.4, 0.5) is 11.4 Å². The minimum Gasteiger partial charge on any atom is -0.454 e. The number of sulfonamides is 1. The molecule has 32 heavy (non-hydrogen) atoms. The monoisotopic (exact) mass is 534 g/mol. The Hall–Kier alpha value is -3.08. The van der Waals surface area contributed by atoms with Crippen molar-refractivity contribution in [3.8, 4) is 0 Å². The van der Waals surface area contributed by atoms with Crippen molar-refractivity contribution in [1.29, 1.82) is 0 Å². The molecular weight excluding hydrogens is 520 g/mol. The van der Waals surface area contributed by atoms with Gasteiger partial charge in [0.15, 0.2) is 5.76 Å². The van der Waals surface area contributed by atoms with Gasteiger partial charge in [0, 0.05) is 22.6 Å². The van der Waals surface area contributed by atoms with Gasteiger partial charge in [0.05, 0.1) is 22.1 Å². The number of aromatic nitrogens is 2. The molecular formula is C21H16BrClN4O4S. The van der Waals surface area contributed by atoms with E-state index < -0.39 is 15.9 Å². The van der Waals surface area contributed by atoms with Crippen LogP contribution in [0.5, 0.6) is 0 Å². The van der Waals surface area contributed by atoms with E-state index in [0.717, 1.165) is 4.47 Å². The lowest BCUT2D eigenvalue weighted by Crippen LogP contribution is -2.14. The molecule has 0 atom stereocenters. The van der Waals surface area contributed by atoms with E-state index in [2.05, 4.69) is 31.1 Å². The van der Waals surface area contributed by atoms with Gasteiger partial charge in [-0.1, -0.05) is 11.6 Å². The van der Waals surface area contributed by atoms with Gasteiger partial charge in [-0.15, -0.1) is 0 Å². The maximum absolute atomic E-state index is 12.5. The van der Waals surface area contributed by atoms with Crippen molar-refractivity contribution in [1.82, 2.24) is 9.78 Å². The van der Waals surface area contributed by atoms with Gasteiger partial charge < -0.3 is 9.73 Å². The number of nitrogens with one attached hydrogen (secondary N) is 2. The van der Waals surface area contributed by atoms with Crippen molar-refractivity contribution in [3.63, 3.8) is 0 Å². The van der Waals surface area contributed by atoms with Crippen LogP contribution in [0.1, 0.15) is 16.3 Å². The topological polar surface area (TPSA) is 106 Å². The van der Waals surface area contributed by atoms with Crippen LogP contribution >= 0.6 is 27.5 Å². The Bertz CT molecular complexity index is 1350. The molecule has 0 saturated carbocycles. The Balaban J connectivity index is 1.40. The average Bonchev–Trinajstić information content (AvgIpc) is 3.39. The molecule has 2 N–H and O–H groups in total. The zero-order valence-corrected chi connectivity index (χ0v) is 19.5. The molecule has 0 spiro atoms. The van der Waals surface area contributed by atoms with Crippen LogP contribution in [-0.4, -0.2) is 24.1 Å². The Labute approximate surface area is 197 Å². The molecule has 0 bridgehead atoms. The normalized spacial score (nSPS) is 11.3. The number of anilines is 2. The number of amides is 1. The Morgan fingerprint density at radius 1 is 1.03 bits per heavy atom. The second-order valence-electron chi connectivity index (χ2n) is 6.71. The SMILES string of the molecule is O=C(Nc1ccc(S(=O)(=O)Nc2ccc(Cl)cc2)cc1)c1ccc(Cn2cc(Br)cn2)o1. The molecule has 1 amide bonds. The first kappa shape index (κ1) is 22.1. The highest BCUT2D eigenvalue weighted by Gasteiger charge is 2.16. The van der Waals surface area contributed by atoms with Crippen LogP contribution in [0.3, 0.4) is 0 Å². The zero-order chi connectivity index (χ0) is 22.7. The Kier molecular flexibility index (Phi) is 6.35. The number of carbonyl (C=O) groups is 1. The summed E-state index contributed by atoms with van der Waals surface area (Å²) < 4.78 is 35.6. The van der Waals surface area contributed by atoms with Crippen LogP contribution in [0.15, 0.2) is 86.8 Å². The fourth-order valence-electron chi connectivity index (χ4n) is 2.81. The number of halogens is 2. The van der Waals surface area contributed by atoms with E-state index in [0.29, 0.717) is 28.7 Å². The number of benzene rings is 2. The molecule has 11 heteroatoms. The lowest BCUT2D eigenvalue weighted by molar-refractivity contribution is 0.0994. The first-order chi connectivity index (χ1) is 15.3. The Morgan fingerprint density at radius 3 is 2.38 bits per heavy atom. The van der Waals surface area contributed by atoms with Crippen LogP contribution < -0.4 is 10.0 Å². The fourth-order valence-corrected chi connectivity index (χ4v) is 4.32. The third-order valence-electron chi connectivity index (χ3n) is 4.32. The molecule has 2 heterocycles. The molecule has 0 aliphatic carbocycles. The predicted molar refractivity (Wildman–Crippen MR) is 124 cm³/mol. The minimum atomic E-state index is -3.78. The van der Waals surface area contributed by atoms with Gasteiger partial charge in [-0.3, -0.25) is 14.2 Å². The summed E-state index contributed by atoms with van der Waals surface area (Å²) in [6.45, 7) is 0.381. The maximum Gasteiger partial charge on any atom is 0.291 e. The van der Waals surface area contributed by atoms with Crippen LogP contribution in [0, 0.1) is 0 Å². The predicted octanol–water partition coefficient (Wildman–Crippen LogP) is 4.99. The van der Waals surface area contributed by atoms with E-state index in [9.17, 15) is 13.2 Å².